The molecule has 0 fully saturated rings. The van der Waals surface area contributed by atoms with Crippen LogP contribution in [0, 0.1) is 0 Å². The molecule has 0 bridgehead atoms. The van der Waals surface area contributed by atoms with Crippen molar-refractivity contribution in [3.05, 3.63) is 29.8 Å². The highest BCUT2D eigenvalue weighted by atomic mass is 35.5. The van der Waals surface area contributed by atoms with Crippen LogP contribution in [-0.4, -0.2) is 45.4 Å². The summed E-state index contributed by atoms with van der Waals surface area (Å²) in [5.41, 5.74) is 5.86. The minimum absolute atomic E-state index is 0. The molecule has 0 unspecified atom stereocenters. The smallest absolute Gasteiger partial charge is 0.253 e. The van der Waals surface area contributed by atoms with Crippen LogP contribution >= 0.6 is 12.4 Å². The maximum atomic E-state index is 12.2. The number of nitrogens with one attached hydrogen (secondary N) is 1. The summed E-state index contributed by atoms with van der Waals surface area (Å²) in [4.78, 5) is 14.0. The van der Waals surface area contributed by atoms with Gasteiger partial charge in [-0.25, -0.2) is 13.1 Å². The number of hydrogen-bond donors (Lipinski definition) is 2. The number of sulfonamides is 1. The van der Waals surface area contributed by atoms with Gasteiger partial charge in [-0.3, -0.25) is 4.79 Å². The van der Waals surface area contributed by atoms with Gasteiger partial charge in [0, 0.05) is 25.2 Å². The lowest BCUT2D eigenvalue weighted by Crippen LogP contribution is -2.30. The van der Waals surface area contributed by atoms with Gasteiger partial charge < -0.3 is 10.6 Å². The molecule has 0 heterocycles. The van der Waals surface area contributed by atoms with Crippen LogP contribution in [0.4, 0.5) is 0 Å². The Morgan fingerprint density at radius 3 is 2.17 bits per heavy atom. The molecule has 1 aromatic rings. The number of amides is 1. The molecule has 1 amide bonds. The standard InChI is InChI=1S/C15H25N3O3S.ClH/c1-3-18(4-2)15(19)13-7-9-14(10-8-13)22(20,21)17-12-6-5-11-16;/h7-10,17H,3-6,11-12,16H2,1-2H3;1H. The molecule has 0 spiro atoms. The zero-order valence-electron chi connectivity index (χ0n) is 13.6. The highest BCUT2D eigenvalue weighted by molar-refractivity contribution is 7.89. The van der Waals surface area contributed by atoms with Crippen molar-refractivity contribution in [2.24, 2.45) is 5.73 Å². The third kappa shape index (κ3) is 6.47. The summed E-state index contributed by atoms with van der Waals surface area (Å²) in [5, 5.41) is 0. The average molecular weight is 364 g/mol. The first-order valence-electron chi connectivity index (χ1n) is 7.55. The summed E-state index contributed by atoms with van der Waals surface area (Å²) in [6, 6.07) is 6.02. The van der Waals surface area contributed by atoms with Crippen molar-refractivity contribution in [1.29, 1.82) is 0 Å². The van der Waals surface area contributed by atoms with Gasteiger partial charge in [-0.15, -0.1) is 12.4 Å². The summed E-state index contributed by atoms with van der Waals surface area (Å²) in [6.07, 6.45) is 1.48. The van der Waals surface area contributed by atoms with Crippen molar-refractivity contribution >= 4 is 28.3 Å². The number of nitrogens with zero attached hydrogens (tertiary/aromatic N) is 1. The van der Waals surface area contributed by atoms with Gasteiger partial charge in [-0.05, 0) is 57.5 Å². The first-order chi connectivity index (χ1) is 10.5. The quantitative estimate of drug-likeness (QED) is 0.652. The number of carbonyl (C=O) groups is 1. The zero-order chi connectivity index (χ0) is 16.6. The molecular weight excluding hydrogens is 338 g/mol. The van der Waals surface area contributed by atoms with Crippen molar-refractivity contribution in [2.45, 2.75) is 31.6 Å². The fourth-order valence-corrected chi connectivity index (χ4v) is 3.10. The van der Waals surface area contributed by atoms with Crippen molar-refractivity contribution in [3.8, 4) is 0 Å². The predicted octanol–water partition coefficient (Wildman–Crippen LogP) is 1.61. The van der Waals surface area contributed by atoms with Crippen LogP contribution in [0.2, 0.25) is 0 Å². The molecule has 6 nitrogen and oxygen atoms in total. The lowest BCUT2D eigenvalue weighted by molar-refractivity contribution is 0.0773. The number of halogens is 1. The summed E-state index contributed by atoms with van der Waals surface area (Å²) in [7, 11) is -3.53. The van der Waals surface area contributed by atoms with Gasteiger partial charge >= 0.3 is 0 Å². The SMILES string of the molecule is CCN(CC)C(=O)c1ccc(S(=O)(=O)NCCCCN)cc1.Cl. The number of carbonyl (C=O) groups excluding carboxylic acids is 1. The van der Waals surface area contributed by atoms with Crippen LogP contribution in [0.15, 0.2) is 29.2 Å². The van der Waals surface area contributed by atoms with E-state index in [1.54, 1.807) is 17.0 Å². The lowest BCUT2D eigenvalue weighted by Gasteiger charge is -2.18. The fraction of sp³-hybridized carbons (Fsp3) is 0.533. The van der Waals surface area contributed by atoms with E-state index in [2.05, 4.69) is 4.72 Å². The fourth-order valence-electron chi connectivity index (χ4n) is 2.03. The van der Waals surface area contributed by atoms with E-state index in [1.165, 1.54) is 12.1 Å². The molecule has 8 heteroatoms. The van der Waals surface area contributed by atoms with Gasteiger partial charge in [0.05, 0.1) is 4.90 Å². The van der Waals surface area contributed by atoms with E-state index in [-0.39, 0.29) is 23.2 Å². The van der Waals surface area contributed by atoms with E-state index in [0.29, 0.717) is 38.2 Å². The Bertz CT molecular complexity index is 572. The molecule has 0 radical (unpaired) electrons. The van der Waals surface area contributed by atoms with E-state index in [4.69, 9.17) is 5.73 Å². The average Bonchev–Trinajstić information content (AvgIpc) is 2.53. The second-order valence-corrected chi connectivity index (χ2v) is 6.66. The van der Waals surface area contributed by atoms with Crippen molar-refractivity contribution < 1.29 is 13.2 Å². The second-order valence-electron chi connectivity index (χ2n) is 4.90. The Hall–Kier alpha value is -1.15. The maximum absolute atomic E-state index is 12.2. The molecule has 0 atom stereocenters. The first kappa shape index (κ1) is 21.9. The van der Waals surface area contributed by atoms with E-state index in [0.717, 1.165) is 6.42 Å². The molecule has 0 saturated carbocycles. The van der Waals surface area contributed by atoms with Gasteiger partial charge in [-0.2, -0.15) is 0 Å². The monoisotopic (exact) mass is 363 g/mol. The molecular formula is C15H26ClN3O3S. The van der Waals surface area contributed by atoms with Crippen LogP contribution in [0.5, 0.6) is 0 Å². The Morgan fingerprint density at radius 1 is 1.13 bits per heavy atom. The van der Waals surface area contributed by atoms with Gasteiger partial charge in [0.25, 0.3) is 5.91 Å². The van der Waals surface area contributed by atoms with Crippen LogP contribution < -0.4 is 10.5 Å². The molecule has 0 aliphatic heterocycles. The number of nitrogens with two attached hydrogens (primary N) is 1. The summed E-state index contributed by atoms with van der Waals surface area (Å²) >= 11 is 0. The normalized spacial score (nSPS) is 10.9. The Labute approximate surface area is 144 Å². The van der Waals surface area contributed by atoms with Crippen LogP contribution in [0.1, 0.15) is 37.0 Å². The Kier molecular flexibility index (Phi) is 10.1. The Morgan fingerprint density at radius 2 is 1.70 bits per heavy atom. The van der Waals surface area contributed by atoms with E-state index in [1.807, 2.05) is 13.8 Å². The van der Waals surface area contributed by atoms with Gasteiger partial charge in [-0.1, -0.05) is 0 Å². The predicted molar refractivity (Wildman–Crippen MR) is 94.4 cm³/mol. The van der Waals surface area contributed by atoms with Crippen molar-refractivity contribution in [1.82, 2.24) is 9.62 Å². The number of unbranched alkanes of at least 4 members (excludes halogenated alkanes) is 1. The largest absolute Gasteiger partial charge is 0.339 e. The molecule has 3 N–H and O–H groups in total. The van der Waals surface area contributed by atoms with Crippen LogP contribution in [-0.2, 0) is 10.0 Å². The molecule has 1 rings (SSSR count). The van der Waals surface area contributed by atoms with Crippen LogP contribution in [0.3, 0.4) is 0 Å². The lowest BCUT2D eigenvalue weighted by atomic mass is 10.2. The topological polar surface area (TPSA) is 92.5 Å². The van der Waals surface area contributed by atoms with Crippen LogP contribution in [0.25, 0.3) is 0 Å². The Balaban J connectivity index is 0.00000484. The van der Waals surface area contributed by atoms with E-state index < -0.39 is 10.0 Å². The summed E-state index contributed by atoms with van der Waals surface area (Å²) in [6.45, 7) is 5.97. The summed E-state index contributed by atoms with van der Waals surface area (Å²) < 4.78 is 26.7. The third-order valence-electron chi connectivity index (χ3n) is 3.39. The second kappa shape index (κ2) is 10.6. The number of benzene rings is 1. The first-order valence-corrected chi connectivity index (χ1v) is 9.03. The van der Waals surface area contributed by atoms with E-state index >= 15 is 0 Å². The maximum Gasteiger partial charge on any atom is 0.253 e. The minimum Gasteiger partial charge on any atom is -0.339 e. The van der Waals surface area contributed by atoms with E-state index in [9.17, 15) is 13.2 Å². The molecule has 0 aromatic heterocycles. The minimum atomic E-state index is -3.53. The summed E-state index contributed by atoms with van der Waals surface area (Å²) in [5.74, 6) is -0.0927. The molecule has 132 valence electrons. The van der Waals surface area contributed by atoms with Gasteiger partial charge in [0.1, 0.15) is 0 Å². The highest BCUT2D eigenvalue weighted by Gasteiger charge is 2.16. The van der Waals surface area contributed by atoms with Crippen molar-refractivity contribution in [2.75, 3.05) is 26.2 Å². The zero-order valence-corrected chi connectivity index (χ0v) is 15.3. The number of hydrogen-bond acceptors (Lipinski definition) is 4. The molecule has 0 aliphatic rings. The van der Waals surface area contributed by atoms with Gasteiger partial charge in [0.15, 0.2) is 0 Å². The molecule has 23 heavy (non-hydrogen) atoms. The molecule has 1 aromatic carbocycles. The number of rotatable bonds is 9. The molecule has 0 aliphatic carbocycles. The van der Waals surface area contributed by atoms with Crippen molar-refractivity contribution in [3.63, 3.8) is 0 Å². The van der Waals surface area contributed by atoms with Gasteiger partial charge in [0.2, 0.25) is 10.0 Å². The highest BCUT2D eigenvalue weighted by Crippen LogP contribution is 2.12. The third-order valence-corrected chi connectivity index (χ3v) is 4.86. The molecule has 0 saturated heterocycles.